The molecule has 0 aliphatic carbocycles. The first kappa shape index (κ1) is 15.7. The second-order valence-electron chi connectivity index (χ2n) is 5.24. The number of Topliss-reactive ketones (excluding diaryl/α,β-unsaturated/α-hetero) is 1. The van der Waals surface area contributed by atoms with Crippen LogP contribution in [-0.4, -0.2) is 5.78 Å². The summed E-state index contributed by atoms with van der Waals surface area (Å²) in [6.07, 6.45) is 1.78. The Hall–Kier alpha value is -2.73. The van der Waals surface area contributed by atoms with E-state index in [2.05, 4.69) is 6.07 Å². The summed E-state index contributed by atoms with van der Waals surface area (Å²) < 4.78 is 13.1. The molecule has 0 bridgehead atoms. The first-order chi connectivity index (χ1) is 10.4. The number of benzene rings is 2. The summed E-state index contributed by atoms with van der Waals surface area (Å²) in [6, 6.07) is 11.8. The van der Waals surface area contributed by atoms with Crippen molar-refractivity contribution in [3.8, 4) is 17.2 Å². The number of ketones is 1. The average molecular weight is 293 g/mol. The van der Waals surface area contributed by atoms with Crippen molar-refractivity contribution in [2.24, 2.45) is 0 Å². The minimum Gasteiger partial charge on any atom is -0.295 e. The van der Waals surface area contributed by atoms with Gasteiger partial charge in [0.2, 0.25) is 0 Å². The van der Waals surface area contributed by atoms with Crippen LogP contribution in [0.15, 0.2) is 42.0 Å². The summed E-state index contributed by atoms with van der Waals surface area (Å²) in [5.41, 5.74) is 4.61. The van der Waals surface area contributed by atoms with Crippen LogP contribution in [0.25, 0.3) is 17.2 Å². The maximum absolute atomic E-state index is 13.1. The van der Waals surface area contributed by atoms with Gasteiger partial charge in [-0.3, -0.25) is 4.79 Å². The molecule has 0 unspecified atom stereocenters. The molecule has 2 rings (SSSR count). The molecule has 2 aromatic carbocycles. The second-order valence-corrected chi connectivity index (χ2v) is 5.24. The van der Waals surface area contributed by atoms with Crippen LogP contribution in [0.2, 0.25) is 0 Å². The Morgan fingerprint density at radius 2 is 1.82 bits per heavy atom. The Morgan fingerprint density at radius 3 is 2.36 bits per heavy atom. The summed E-state index contributed by atoms with van der Waals surface area (Å²) in [4.78, 5) is 11.4. The zero-order valence-electron chi connectivity index (χ0n) is 12.8. The van der Waals surface area contributed by atoms with E-state index in [0.29, 0.717) is 11.1 Å². The maximum Gasteiger partial charge on any atom is 0.155 e. The van der Waals surface area contributed by atoms with E-state index in [1.807, 2.05) is 6.92 Å². The van der Waals surface area contributed by atoms with E-state index in [1.165, 1.54) is 19.1 Å². The van der Waals surface area contributed by atoms with Crippen LogP contribution in [0.4, 0.5) is 4.39 Å². The summed E-state index contributed by atoms with van der Waals surface area (Å²) in [5.74, 6) is -0.310. The van der Waals surface area contributed by atoms with Gasteiger partial charge in [0.1, 0.15) is 5.82 Å². The Bertz CT molecular complexity index is 795. The number of hydrogen-bond donors (Lipinski definition) is 0. The Balaban J connectivity index is 2.65. The molecule has 0 fully saturated rings. The molecule has 0 saturated carbocycles. The van der Waals surface area contributed by atoms with Crippen LogP contribution < -0.4 is 0 Å². The van der Waals surface area contributed by atoms with Crippen LogP contribution in [0, 0.1) is 24.1 Å². The predicted octanol–water partition coefficient (Wildman–Crippen LogP) is 4.67. The highest BCUT2D eigenvalue weighted by molar-refractivity contribution is 5.97. The fourth-order valence-electron chi connectivity index (χ4n) is 2.22. The van der Waals surface area contributed by atoms with Gasteiger partial charge in [-0.1, -0.05) is 12.1 Å². The molecule has 0 aliphatic heterocycles. The van der Waals surface area contributed by atoms with Crippen LogP contribution in [0.3, 0.4) is 0 Å². The molecule has 0 atom stereocenters. The van der Waals surface area contributed by atoms with Crippen molar-refractivity contribution >= 4 is 11.9 Å². The van der Waals surface area contributed by atoms with E-state index in [0.717, 1.165) is 22.3 Å². The number of carbonyl (C=O) groups excluding carboxylic acids is 1. The summed E-state index contributed by atoms with van der Waals surface area (Å²) >= 11 is 0. The molecule has 22 heavy (non-hydrogen) atoms. The first-order valence-electron chi connectivity index (χ1n) is 6.92. The second kappa shape index (κ2) is 6.36. The van der Waals surface area contributed by atoms with Crippen molar-refractivity contribution in [1.29, 1.82) is 5.26 Å². The minimum atomic E-state index is -0.301. The summed E-state index contributed by atoms with van der Waals surface area (Å²) in [5, 5.41) is 9.21. The van der Waals surface area contributed by atoms with Crippen LogP contribution >= 0.6 is 0 Å². The highest BCUT2D eigenvalue weighted by Gasteiger charge is 2.09. The van der Waals surface area contributed by atoms with Crippen LogP contribution in [-0.2, 0) is 4.79 Å². The molecule has 0 radical (unpaired) electrons. The fraction of sp³-hybridized carbons (Fsp3) is 0.158. The Kier molecular flexibility index (Phi) is 4.53. The van der Waals surface area contributed by atoms with Gasteiger partial charge in [0.15, 0.2) is 5.78 Å². The third-order valence-electron chi connectivity index (χ3n) is 3.66. The van der Waals surface area contributed by atoms with Gasteiger partial charge >= 0.3 is 0 Å². The van der Waals surface area contributed by atoms with E-state index in [-0.39, 0.29) is 11.6 Å². The highest BCUT2D eigenvalue weighted by Crippen LogP contribution is 2.29. The standard InChI is InChI=1S/C19H16FNO/c1-12(14(3)22)8-17-9-15(11-21)10-19(13(17)2)16-4-6-18(20)7-5-16/h4-10H,1-3H3/b12-8+. The molecule has 0 amide bonds. The maximum atomic E-state index is 13.1. The number of carbonyl (C=O) groups is 1. The first-order valence-corrected chi connectivity index (χ1v) is 6.92. The normalized spacial score (nSPS) is 11.1. The molecule has 0 heterocycles. The molecular weight excluding hydrogens is 277 g/mol. The number of allylic oxidation sites excluding steroid dienone is 1. The van der Waals surface area contributed by atoms with Crippen LogP contribution in [0.1, 0.15) is 30.5 Å². The molecule has 3 heteroatoms. The van der Waals surface area contributed by atoms with E-state index in [9.17, 15) is 14.4 Å². The van der Waals surface area contributed by atoms with Gasteiger partial charge in [-0.2, -0.15) is 5.26 Å². The molecule has 0 N–H and O–H groups in total. The van der Waals surface area contributed by atoms with Crippen molar-refractivity contribution in [1.82, 2.24) is 0 Å². The van der Waals surface area contributed by atoms with Gasteiger partial charge in [0.05, 0.1) is 11.6 Å². The van der Waals surface area contributed by atoms with Crippen LogP contribution in [0.5, 0.6) is 0 Å². The molecule has 2 nitrogen and oxygen atoms in total. The van der Waals surface area contributed by atoms with Crippen molar-refractivity contribution in [3.63, 3.8) is 0 Å². The minimum absolute atomic E-state index is 0.00917. The molecule has 0 spiro atoms. The van der Waals surface area contributed by atoms with Gasteiger partial charge in [-0.15, -0.1) is 0 Å². The van der Waals surface area contributed by atoms with Gasteiger partial charge in [0.25, 0.3) is 0 Å². The number of nitriles is 1. The number of halogens is 1. The SMILES string of the molecule is CC(=O)/C(C)=C/c1cc(C#N)cc(-c2ccc(F)cc2)c1C. The Labute approximate surface area is 129 Å². The quantitative estimate of drug-likeness (QED) is 0.772. The monoisotopic (exact) mass is 293 g/mol. The smallest absolute Gasteiger partial charge is 0.155 e. The molecule has 0 aliphatic rings. The molecule has 110 valence electrons. The molecule has 2 aromatic rings. The lowest BCUT2D eigenvalue weighted by atomic mass is 9.93. The van der Waals surface area contributed by atoms with E-state index >= 15 is 0 Å². The van der Waals surface area contributed by atoms with Gasteiger partial charge in [-0.05, 0) is 78.9 Å². The van der Waals surface area contributed by atoms with E-state index in [1.54, 1.807) is 37.3 Å². The predicted molar refractivity (Wildman–Crippen MR) is 85.6 cm³/mol. The number of nitrogens with zero attached hydrogens (tertiary/aromatic N) is 1. The topological polar surface area (TPSA) is 40.9 Å². The third-order valence-corrected chi connectivity index (χ3v) is 3.66. The molecule has 0 saturated heterocycles. The van der Waals surface area contributed by atoms with Crippen molar-refractivity contribution < 1.29 is 9.18 Å². The third kappa shape index (κ3) is 3.29. The van der Waals surface area contributed by atoms with Gasteiger partial charge < -0.3 is 0 Å². The molecule has 0 aromatic heterocycles. The van der Waals surface area contributed by atoms with E-state index in [4.69, 9.17) is 0 Å². The number of hydrogen-bond acceptors (Lipinski definition) is 2. The van der Waals surface area contributed by atoms with Crippen molar-refractivity contribution in [2.45, 2.75) is 20.8 Å². The zero-order valence-corrected chi connectivity index (χ0v) is 12.8. The number of rotatable bonds is 3. The van der Waals surface area contributed by atoms with Gasteiger partial charge in [-0.25, -0.2) is 4.39 Å². The fourth-order valence-corrected chi connectivity index (χ4v) is 2.22. The van der Waals surface area contributed by atoms with Crippen molar-refractivity contribution in [3.05, 3.63) is 64.5 Å². The lowest BCUT2D eigenvalue weighted by Gasteiger charge is -2.11. The zero-order chi connectivity index (χ0) is 16.3. The van der Waals surface area contributed by atoms with E-state index < -0.39 is 0 Å². The van der Waals surface area contributed by atoms with Gasteiger partial charge in [0, 0.05) is 0 Å². The molecular formula is C19H16FNO. The highest BCUT2D eigenvalue weighted by atomic mass is 19.1. The lowest BCUT2D eigenvalue weighted by molar-refractivity contribution is -0.113. The summed E-state index contributed by atoms with van der Waals surface area (Å²) in [6.45, 7) is 5.19. The lowest BCUT2D eigenvalue weighted by Crippen LogP contribution is -1.95. The average Bonchev–Trinajstić information content (AvgIpc) is 2.50. The largest absolute Gasteiger partial charge is 0.295 e. The summed E-state index contributed by atoms with van der Waals surface area (Å²) in [7, 11) is 0. The van der Waals surface area contributed by atoms with Crippen molar-refractivity contribution in [2.75, 3.05) is 0 Å². The Morgan fingerprint density at radius 1 is 1.18 bits per heavy atom.